The lowest BCUT2D eigenvalue weighted by atomic mass is 10.2. The minimum absolute atomic E-state index is 0.0231. The van der Waals surface area contributed by atoms with Gasteiger partial charge in [-0.3, -0.25) is 4.79 Å². The van der Waals surface area contributed by atoms with Gasteiger partial charge in [0, 0.05) is 23.7 Å². The summed E-state index contributed by atoms with van der Waals surface area (Å²) in [4.78, 5) is 13.6. The molecule has 1 aromatic carbocycles. The number of carbonyl (C=O) groups is 1. The average Bonchev–Trinajstić information content (AvgIpc) is 2.89. The third-order valence-electron chi connectivity index (χ3n) is 2.62. The largest absolute Gasteiger partial charge is 0.307 e. The zero-order valence-corrected chi connectivity index (χ0v) is 11.0. The number of para-hydroxylation sites is 1. The summed E-state index contributed by atoms with van der Waals surface area (Å²) < 4.78 is 0. The number of nitrogens with zero attached hydrogens (tertiary/aromatic N) is 1. The monoisotopic (exact) mass is 267 g/mol. The molecule has 0 saturated heterocycles. The maximum Gasteiger partial charge on any atom is 0.242 e. The van der Waals surface area contributed by atoms with E-state index in [0.717, 1.165) is 17.2 Å². The van der Waals surface area contributed by atoms with Gasteiger partial charge in [0.05, 0.1) is 0 Å². The standard InChI is InChI=1S/C13H14ClNOS/c14-8-13(16)15(9-11-6-7-17-10-11)12-4-2-1-3-5-12/h1-6H,7-10H2. The van der Waals surface area contributed by atoms with Crippen LogP contribution in [0.5, 0.6) is 0 Å². The van der Waals surface area contributed by atoms with Crippen molar-refractivity contribution in [3.05, 3.63) is 42.0 Å². The van der Waals surface area contributed by atoms with Crippen LogP contribution in [0.1, 0.15) is 0 Å². The molecule has 0 saturated carbocycles. The van der Waals surface area contributed by atoms with Crippen LogP contribution >= 0.6 is 23.4 Å². The Labute approximate surface area is 111 Å². The Kier molecular flexibility index (Phi) is 4.51. The van der Waals surface area contributed by atoms with Crippen LogP contribution < -0.4 is 4.90 Å². The first-order chi connectivity index (χ1) is 8.31. The Balaban J connectivity index is 2.16. The second-order valence-electron chi connectivity index (χ2n) is 3.83. The molecular weight excluding hydrogens is 254 g/mol. The van der Waals surface area contributed by atoms with Gasteiger partial charge in [0.2, 0.25) is 5.91 Å². The Hall–Kier alpha value is -0.930. The Morgan fingerprint density at radius 1 is 1.35 bits per heavy atom. The fourth-order valence-corrected chi connectivity index (χ4v) is 2.83. The summed E-state index contributed by atoms with van der Waals surface area (Å²) in [5.41, 5.74) is 2.22. The van der Waals surface area contributed by atoms with Gasteiger partial charge in [0.15, 0.2) is 0 Å². The van der Waals surface area contributed by atoms with Crippen molar-refractivity contribution in [3.63, 3.8) is 0 Å². The van der Waals surface area contributed by atoms with Gasteiger partial charge in [-0.05, 0) is 17.7 Å². The van der Waals surface area contributed by atoms with E-state index in [1.54, 1.807) is 4.90 Å². The van der Waals surface area contributed by atoms with Crippen LogP contribution in [0, 0.1) is 0 Å². The molecule has 0 N–H and O–H groups in total. The molecule has 0 radical (unpaired) electrons. The summed E-state index contributed by atoms with van der Waals surface area (Å²) in [6.07, 6.45) is 2.20. The molecule has 1 aliphatic rings. The first-order valence-electron chi connectivity index (χ1n) is 5.48. The number of rotatable bonds is 4. The molecule has 0 atom stereocenters. The highest BCUT2D eigenvalue weighted by atomic mass is 35.5. The van der Waals surface area contributed by atoms with Crippen molar-refractivity contribution >= 4 is 35.0 Å². The maximum atomic E-state index is 11.9. The van der Waals surface area contributed by atoms with E-state index in [1.165, 1.54) is 5.57 Å². The normalized spacial score (nSPS) is 14.5. The highest BCUT2D eigenvalue weighted by Gasteiger charge is 2.17. The molecule has 90 valence electrons. The zero-order valence-electron chi connectivity index (χ0n) is 9.43. The molecule has 2 rings (SSSR count). The lowest BCUT2D eigenvalue weighted by molar-refractivity contribution is -0.116. The summed E-state index contributed by atoms with van der Waals surface area (Å²) in [7, 11) is 0. The van der Waals surface area contributed by atoms with Gasteiger partial charge in [-0.2, -0.15) is 11.8 Å². The second-order valence-corrected chi connectivity index (χ2v) is 5.12. The highest BCUT2D eigenvalue weighted by molar-refractivity contribution is 7.99. The van der Waals surface area contributed by atoms with E-state index < -0.39 is 0 Å². The van der Waals surface area contributed by atoms with E-state index >= 15 is 0 Å². The van der Waals surface area contributed by atoms with Crippen LogP contribution in [-0.4, -0.2) is 29.8 Å². The van der Waals surface area contributed by atoms with Gasteiger partial charge < -0.3 is 4.90 Å². The number of amides is 1. The quantitative estimate of drug-likeness (QED) is 0.618. The van der Waals surface area contributed by atoms with Crippen LogP contribution in [-0.2, 0) is 4.79 Å². The van der Waals surface area contributed by atoms with Crippen molar-refractivity contribution in [1.29, 1.82) is 0 Å². The molecule has 0 aromatic heterocycles. The number of thioether (sulfide) groups is 1. The first-order valence-corrected chi connectivity index (χ1v) is 7.17. The van der Waals surface area contributed by atoms with Crippen LogP contribution in [0.4, 0.5) is 5.69 Å². The Morgan fingerprint density at radius 2 is 2.12 bits per heavy atom. The molecule has 1 heterocycles. The Bertz CT molecular complexity index is 419. The summed E-state index contributed by atoms with van der Waals surface area (Å²) in [5, 5.41) is 0. The zero-order chi connectivity index (χ0) is 12.1. The van der Waals surface area contributed by atoms with Crippen LogP contribution in [0.15, 0.2) is 42.0 Å². The van der Waals surface area contributed by atoms with Crippen molar-refractivity contribution in [2.75, 3.05) is 28.8 Å². The van der Waals surface area contributed by atoms with Gasteiger partial charge in [0.25, 0.3) is 0 Å². The molecule has 0 spiro atoms. The SMILES string of the molecule is O=C(CCl)N(CC1=CCSC1)c1ccccc1. The summed E-state index contributed by atoms with van der Waals surface area (Å²) in [6, 6.07) is 9.68. The first kappa shape index (κ1) is 12.5. The minimum Gasteiger partial charge on any atom is -0.307 e. The van der Waals surface area contributed by atoms with Crippen molar-refractivity contribution in [2.24, 2.45) is 0 Å². The number of anilines is 1. The van der Waals surface area contributed by atoms with E-state index in [4.69, 9.17) is 11.6 Å². The fourth-order valence-electron chi connectivity index (χ4n) is 1.74. The summed E-state index contributed by atoms with van der Waals surface area (Å²) in [6.45, 7) is 0.655. The van der Waals surface area contributed by atoms with E-state index in [1.807, 2.05) is 42.1 Å². The molecule has 2 nitrogen and oxygen atoms in total. The summed E-state index contributed by atoms with van der Waals surface area (Å²) >= 11 is 7.54. The van der Waals surface area contributed by atoms with Crippen LogP contribution in [0.2, 0.25) is 0 Å². The predicted molar refractivity (Wildman–Crippen MR) is 74.9 cm³/mol. The number of hydrogen-bond donors (Lipinski definition) is 0. The molecule has 17 heavy (non-hydrogen) atoms. The molecule has 1 amide bonds. The number of hydrogen-bond acceptors (Lipinski definition) is 2. The second kappa shape index (κ2) is 6.12. The van der Waals surface area contributed by atoms with E-state index in [-0.39, 0.29) is 11.8 Å². The predicted octanol–water partition coefficient (Wildman–Crippen LogP) is 2.93. The Morgan fingerprint density at radius 3 is 2.71 bits per heavy atom. The van der Waals surface area contributed by atoms with E-state index in [9.17, 15) is 4.79 Å². The molecule has 1 aliphatic heterocycles. The number of halogens is 1. The molecule has 0 fully saturated rings. The summed E-state index contributed by atoms with van der Waals surface area (Å²) in [5.74, 6) is 2.04. The van der Waals surface area contributed by atoms with Gasteiger partial charge >= 0.3 is 0 Å². The lowest BCUT2D eigenvalue weighted by Gasteiger charge is -2.22. The molecule has 4 heteroatoms. The van der Waals surface area contributed by atoms with Crippen molar-refractivity contribution < 1.29 is 4.79 Å². The smallest absolute Gasteiger partial charge is 0.242 e. The van der Waals surface area contributed by atoms with Crippen LogP contribution in [0.25, 0.3) is 0 Å². The fraction of sp³-hybridized carbons (Fsp3) is 0.308. The molecular formula is C13H14ClNOS. The van der Waals surface area contributed by atoms with E-state index in [0.29, 0.717) is 6.54 Å². The molecule has 0 unspecified atom stereocenters. The van der Waals surface area contributed by atoms with Gasteiger partial charge in [0.1, 0.15) is 5.88 Å². The minimum atomic E-state index is -0.0457. The molecule has 0 aliphatic carbocycles. The topological polar surface area (TPSA) is 20.3 Å². The molecule has 0 bridgehead atoms. The average molecular weight is 268 g/mol. The van der Waals surface area contributed by atoms with Gasteiger partial charge in [-0.15, -0.1) is 11.6 Å². The number of alkyl halides is 1. The molecule has 1 aromatic rings. The maximum absolute atomic E-state index is 11.9. The third-order valence-corrected chi connectivity index (χ3v) is 3.83. The van der Waals surface area contributed by atoms with Gasteiger partial charge in [-0.25, -0.2) is 0 Å². The van der Waals surface area contributed by atoms with Crippen LogP contribution in [0.3, 0.4) is 0 Å². The van der Waals surface area contributed by atoms with Crippen molar-refractivity contribution in [3.8, 4) is 0 Å². The number of carbonyl (C=O) groups excluding carboxylic acids is 1. The van der Waals surface area contributed by atoms with Crippen molar-refractivity contribution in [1.82, 2.24) is 0 Å². The van der Waals surface area contributed by atoms with Gasteiger partial charge in [-0.1, -0.05) is 24.3 Å². The number of benzene rings is 1. The third kappa shape index (κ3) is 3.27. The van der Waals surface area contributed by atoms with E-state index in [2.05, 4.69) is 6.08 Å². The lowest BCUT2D eigenvalue weighted by Crippen LogP contribution is -2.33. The van der Waals surface area contributed by atoms with Crippen molar-refractivity contribution in [2.45, 2.75) is 0 Å². The highest BCUT2D eigenvalue weighted by Crippen LogP contribution is 2.21.